The SMILES string of the molecule is Cc1cc(C#N)nc(C(F)F)c1C=O. The van der Waals surface area contributed by atoms with E-state index in [0.29, 0.717) is 11.8 Å². The second kappa shape index (κ2) is 3.92. The van der Waals surface area contributed by atoms with Gasteiger partial charge in [0.1, 0.15) is 17.5 Å². The molecule has 0 aromatic carbocycles. The van der Waals surface area contributed by atoms with Gasteiger partial charge in [0.2, 0.25) is 0 Å². The lowest BCUT2D eigenvalue weighted by Gasteiger charge is -2.05. The maximum atomic E-state index is 12.4. The Morgan fingerprint density at radius 3 is 2.71 bits per heavy atom. The quantitative estimate of drug-likeness (QED) is 0.680. The van der Waals surface area contributed by atoms with Crippen LogP contribution in [0.3, 0.4) is 0 Å². The normalized spacial score (nSPS) is 9.93. The number of aryl methyl sites for hydroxylation is 1. The van der Waals surface area contributed by atoms with Crippen molar-refractivity contribution in [2.24, 2.45) is 0 Å². The number of hydrogen-bond donors (Lipinski definition) is 0. The molecule has 0 atom stereocenters. The summed E-state index contributed by atoms with van der Waals surface area (Å²) in [5, 5.41) is 8.49. The largest absolute Gasteiger partial charge is 0.298 e. The number of carbonyl (C=O) groups is 1. The topological polar surface area (TPSA) is 53.8 Å². The van der Waals surface area contributed by atoms with Crippen LogP contribution < -0.4 is 0 Å². The van der Waals surface area contributed by atoms with Crippen LogP contribution >= 0.6 is 0 Å². The average Bonchev–Trinajstić information content (AvgIpc) is 2.16. The number of alkyl halides is 2. The van der Waals surface area contributed by atoms with E-state index in [4.69, 9.17) is 5.26 Å². The van der Waals surface area contributed by atoms with Crippen LogP contribution in [0, 0.1) is 18.3 Å². The minimum atomic E-state index is -2.85. The second-order valence-electron chi connectivity index (χ2n) is 2.65. The highest BCUT2D eigenvalue weighted by Crippen LogP contribution is 2.22. The number of rotatable bonds is 2. The lowest BCUT2D eigenvalue weighted by Crippen LogP contribution is -2.02. The molecule has 0 radical (unpaired) electrons. The van der Waals surface area contributed by atoms with Crippen LogP contribution in [0.4, 0.5) is 8.78 Å². The molecule has 14 heavy (non-hydrogen) atoms. The molecule has 0 aliphatic rings. The average molecular weight is 196 g/mol. The summed E-state index contributed by atoms with van der Waals surface area (Å²) in [6, 6.07) is 2.96. The summed E-state index contributed by atoms with van der Waals surface area (Å²) in [6.45, 7) is 1.48. The van der Waals surface area contributed by atoms with Crippen molar-refractivity contribution in [3.8, 4) is 6.07 Å². The van der Waals surface area contributed by atoms with E-state index in [1.165, 1.54) is 13.0 Å². The Morgan fingerprint density at radius 2 is 2.29 bits per heavy atom. The Labute approximate surface area is 79.0 Å². The second-order valence-corrected chi connectivity index (χ2v) is 2.65. The van der Waals surface area contributed by atoms with Gasteiger partial charge in [-0.3, -0.25) is 4.79 Å². The van der Waals surface area contributed by atoms with E-state index >= 15 is 0 Å². The molecule has 0 saturated carbocycles. The van der Waals surface area contributed by atoms with Gasteiger partial charge in [-0.15, -0.1) is 0 Å². The number of nitriles is 1. The number of hydrogen-bond acceptors (Lipinski definition) is 3. The molecule has 0 N–H and O–H groups in total. The first kappa shape index (κ1) is 10.3. The van der Waals surface area contributed by atoms with Crippen molar-refractivity contribution in [2.45, 2.75) is 13.3 Å². The number of nitrogens with zero attached hydrogens (tertiary/aromatic N) is 2. The highest BCUT2D eigenvalue weighted by molar-refractivity contribution is 5.79. The summed E-state index contributed by atoms with van der Waals surface area (Å²) in [7, 11) is 0. The summed E-state index contributed by atoms with van der Waals surface area (Å²) < 4.78 is 24.8. The van der Waals surface area contributed by atoms with Crippen molar-refractivity contribution in [1.82, 2.24) is 4.98 Å². The number of carbonyl (C=O) groups excluding carboxylic acids is 1. The predicted octanol–water partition coefficient (Wildman–Crippen LogP) is 2.01. The number of pyridine rings is 1. The van der Waals surface area contributed by atoms with Crippen LogP contribution in [-0.4, -0.2) is 11.3 Å². The zero-order valence-electron chi connectivity index (χ0n) is 7.29. The van der Waals surface area contributed by atoms with Crippen LogP contribution in [0.25, 0.3) is 0 Å². The van der Waals surface area contributed by atoms with E-state index in [1.807, 2.05) is 0 Å². The Morgan fingerprint density at radius 1 is 1.64 bits per heavy atom. The third kappa shape index (κ3) is 1.74. The number of aromatic nitrogens is 1. The Bertz CT molecular complexity index is 410. The van der Waals surface area contributed by atoms with Gasteiger partial charge in [-0.05, 0) is 18.6 Å². The fourth-order valence-electron chi connectivity index (χ4n) is 1.08. The van der Waals surface area contributed by atoms with E-state index in [1.54, 1.807) is 6.07 Å². The molecule has 5 heteroatoms. The van der Waals surface area contributed by atoms with E-state index in [2.05, 4.69) is 4.98 Å². The maximum Gasteiger partial charge on any atom is 0.281 e. The number of aldehydes is 1. The van der Waals surface area contributed by atoms with Crippen LogP contribution in [0.1, 0.15) is 33.7 Å². The fraction of sp³-hybridized carbons (Fsp3) is 0.222. The number of halogens is 2. The summed E-state index contributed by atoms with van der Waals surface area (Å²) in [4.78, 5) is 13.9. The van der Waals surface area contributed by atoms with Gasteiger partial charge in [0.25, 0.3) is 6.43 Å². The van der Waals surface area contributed by atoms with Crippen molar-refractivity contribution in [3.63, 3.8) is 0 Å². The molecule has 0 amide bonds. The third-order valence-corrected chi connectivity index (χ3v) is 1.73. The highest BCUT2D eigenvalue weighted by Gasteiger charge is 2.17. The lowest BCUT2D eigenvalue weighted by molar-refractivity contribution is 0.110. The first-order chi connectivity index (χ1) is 6.60. The molecule has 72 valence electrons. The van der Waals surface area contributed by atoms with Crippen LogP contribution in [-0.2, 0) is 0 Å². The van der Waals surface area contributed by atoms with E-state index in [9.17, 15) is 13.6 Å². The molecule has 1 heterocycles. The summed E-state index contributed by atoms with van der Waals surface area (Å²) in [5.74, 6) is 0. The monoisotopic (exact) mass is 196 g/mol. The van der Waals surface area contributed by atoms with E-state index in [0.717, 1.165) is 0 Å². The molecule has 0 aliphatic carbocycles. The molecular formula is C9H6F2N2O. The molecule has 0 fully saturated rings. The Kier molecular flexibility index (Phi) is 2.87. The molecule has 1 aromatic rings. The summed E-state index contributed by atoms with van der Waals surface area (Å²) in [6.07, 6.45) is -2.52. The first-order valence-corrected chi connectivity index (χ1v) is 3.75. The van der Waals surface area contributed by atoms with Gasteiger partial charge in [0.15, 0.2) is 6.29 Å². The van der Waals surface area contributed by atoms with Crippen molar-refractivity contribution in [3.05, 3.63) is 28.6 Å². The van der Waals surface area contributed by atoms with Gasteiger partial charge in [0.05, 0.1) is 0 Å². The zero-order valence-corrected chi connectivity index (χ0v) is 7.29. The maximum absolute atomic E-state index is 12.4. The van der Waals surface area contributed by atoms with Gasteiger partial charge in [0, 0.05) is 5.56 Å². The van der Waals surface area contributed by atoms with Crippen LogP contribution in [0.5, 0.6) is 0 Å². The Hall–Kier alpha value is -1.83. The van der Waals surface area contributed by atoms with Crippen molar-refractivity contribution >= 4 is 6.29 Å². The Balaban J connectivity index is 3.45. The van der Waals surface area contributed by atoms with E-state index < -0.39 is 12.1 Å². The predicted molar refractivity (Wildman–Crippen MR) is 44.0 cm³/mol. The standard InChI is InChI=1S/C9H6F2N2O/c1-5-2-6(3-12)13-8(9(10)11)7(5)4-14/h2,4,9H,1H3. The third-order valence-electron chi connectivity index (χ3n) is 1.73. The van der Waals surface area contributed by atoms with Crippen LogP contribution in [0.2, 0.25) is 0 Å². The van der Waals surface area contributed by atoms with Gasteiger partial charge in [-0.1, -0.05) is 0 Å². The summed E-state index contributed by atoms with van der Waals surface area (Å²) in [5.41, 5.74) is -0.541. The minimum absolute atomic E-state index is 0.108. The highest BCUT2D eigenvalue weighted by atomic mass is 19.3. The molecular weight excluding hydrogens is 190 g/mol. The first-order valence-electron chi connectivity index (χ1n) is 3.75. The molecule has 0 bridgehead atoms. The molecule has 3 nitrogen and oxygen atoms in total. The minimum Gasteiger partial charge on any atom is -0.298 e. The smallest absolute Gasteiger partial charge is 0.281 e. The molecule has 1 rings (SSSR count). The van der Waals surface area contributed by atoms with Crippen molar-refractivity contribution in [1.29, 1.82) is 5.26 Å². The lowest BCUT2D eigenvalue weighted by atomic mass is 10.1. The van der Waals surface area contributed by atoms with Crippen LogP contribution in [0.15, 0.2) is 6.07 Å². The molecule has 1 aromatic heterocycles. The van der Waals surface area contributed by atoms with Crippen molar-refractivity contribution in [2.75, 3.05) is 0 Å². The molecule has 0 aliphatic heterocycles. The fourth-order valence-corrected chi connectivity index (χ4v) is 1.08. The molecule has 0 unspecified atom stereocenters. The van der Waals surface area contributed by atoms with Gasteiger partial charge in [-0.25, -0.2) is 13.8 Å². The van der Waals surface area contributed by atoms with Gasteiger partial charge < -0.3 is 0 Å². The molecule has 0 saturated heterocycles. The van der Waals surface area contributed by atoms with Crippen molar-refractivity contribution < 1.29 is 13.6 Å². The van der Waals surface area contributed by atoms with Gasteiger partial charge in [-0.2, -0.15) is 5.26 Å². The van der Waals surface area contributed by atoms with Gasteiger partial charge >= 0.3 is 0 Å². The molecule has 0 spiro atoms. The summed E-state index contributed by atoms with van der Waals surface area (Å²) >= 11 is 0. The zero-order chi connectivity index (χ0) is 10.7. The van der Waals surface area contributed by atoms with E-state index in [-0.39, 0.29) is 11.3 Å².